The van der Waals surface area contributed by atoms with E-state index >= 15 is 0 Å². The summed E-state index contributed by atoms with van der Waals surface area (Å²) in [6, 6.07) is 5.00. The molecule has 1 aromatic carbocycles. The molecule has 0 amide bonds. The van der Waals surface area contributed by atoms with Gasteiger partial charge in [0.05, 0.1) is 0 Å². The Balaban J connectivity index is 1.36. The SMILES string of the molecule is Cc1cc(CCCCCC2(C)CC2)c(C)cc1CCCCCC1(C)CC1. The van der Waals surface area contributed by atoms with Crippen molar-refractivity contribution in [3.8, 4) is 0 Å². The Hall–Kier alpha value is -0.780. The zero-order valence-corrected chi connectivity index (χ0v) is 18.1. The molecule has 0 aromatic heterocycles. The molecule has 0 aliphatic heterocycles. The maximum Gasteiger partial charge on any atom is -0.0276 e. The second kappa shape index (κ2) is 8.49. The van der Waals surface area contributed by atoms with E-state index in [0.717, 1.165) is 10.8 Å². The molecular weight excluding hydrogens is 312 g/mol. The van der Waals surface area contributed by atoms with Crippen LogP contribution in [0.25, 0.3) is 0 Å². The highest BCUT2D eigenvalue weighted by Crippen LogP contribution is 2.49. The highest BCUT2D eigenvalue weighted by molar-refractivity contribution is 5.37. The van der Waals surface area contributed by atoms with Gasteiger partial charge in [-0.3, -0.25) is 0 Å². The van der Waals surface area contributed by atoms with Crippen LogP contribution in [0.3, 0.4) is 0 Å². The molecular formula is C26H42. The molecule has 0 unspecified atom stereocenters. The molecule has 26 heavy (non-hydrogen) atoms. The molecule has 0 spiro atoms. The third kappa shape index (κ3) is 6.14. The Bertz CT molecular complexity index is 533. The van der Waals surface area contributed by atoms with Crippen molar-refractivity contribution in [2.45, 2.75) is 118 Å². The van der Waals surface area contributed by atoms with Crippen LogP contribution < -0.4 is 0 Å². The third-order valence-electron chi connectivity index (χ3n) is 7.45. The van der Waals surface area contributed by atoms with Crippen LogP contribution in [0.15, 0.2) is 12.1 Å². The number of benzene rings is 1. The summed E-state index contributed by atoms with van der Waals surface area (Å²) in [4.78, 5) is 0. The predicted octanol–water partition coefficient (Wildman–Crippen LogP) is 8.11. The van der Waals surface area contributed by atoms with Crippen molar-refractivity contribution in [2.24, 2.45) is 10.8 Å². The molecule has 0 nitrogen and oxygen atoms in total. The van der Waals surface area contributed by atoms with Crippen LogP contribution in [0.5, 0.6) is 0 Å². The van der Waals surface area contributed by atoms with E-state index in [9.17, 15) is 0 Å². The van der Waals surface area contributed by atoms with Crippen LogP contribution in [-0.4, -0.2) is 0 Å². The number of aryl methyl sites for hydroxylation is 4. The van der Waals surface area contributed by atoms with Crippen LogP contribution >= 0.6 is 0 Å². The lowest BCUT2D eigenvalue weighted by molar-refractivity contribution is 0.475. The van der Waals surface area contributed by atoms with Gasteiger partial charge in [-0.25, -0.2) is 0 Å². The summed E-state index contributed by atoms with van der Waals surface area (Å²) in [5.41, 5.74) is 7.75. The highest BCUT2D eigenvalue weighted by Gasteiger charge is 2.36. The monoisotopic (exact) mass is 354 g/mol. The first-order valence-electron chi connectivity index (χ1n) is 11.5. The highest BCUT2D eigenvalue weighted by atomic mass is 14.4. The molecule has 0 heterocycles. The second-order valence-electron chi connectivity index (χ2n) is 10.4. The standard InChI is InChI=1S/C26H42/c1-21-19-24(12-8-6-10-14-26(4)17-18-26)22(2)20-23(21)11-7-5-9-13-25(3)15-16-25/h19-20H,5-18H2,1-4H3. The molecule has 146 valence electrons. The fourth-order valence-corrected chi connectivity index (χ4v) is 4.49. The number of hydrogen-bond acceptors (Lipinski definition) is 0. The van der Waals surface area contributed by atoms with Gasteiger partial charge in [-0.1, -0.05) is 51.7 Å². The topological polar surface area (TPSA) is 0 Å². The van der Waals surface area contributed by atoms with E-state index in [-0.39, 0.29) is 0 Å². The minimum Gasteiger partial charge on any atom is -0.0596 e. The normalized spacial score (nSPS) is 19.5. The average Bonchev–Trinajstić information content (AvgIpc) is 3.51. The first kappa shape index (κ1) is 20.0. The first-order chi connectivity index (χ1) is 12.4. The molecule has 1 aromatic rings. The van der Waals surface area contributed by atoms with E-state index in [4.69, 9.17) is 0 Å². The summed E-state index contributed by atoms with van der Waals surface area (Å²) >= 11 is 0. The van der Waals surface area contributed by atoms with Crippen LogP contribution in [0.4, 0.5) is 0 Å². The van der Waals surface area contributed by atoms with Gasteiger partial charge in [0.25, 0.3) is 0 Å². The summed E-state index contributed by atoms with van der Waals surface area (Å²) in [7, 11) is 0. The Morgan fingerprint density at radius 1 is 0.615 bits per heavy atom. The molecule has 3 rings (SSSR count). The summed E-state index contributed by atoms with van der Waals surface area (Å²) < 4.78 is 0. The minimum absolute atomic E-state index is 0.741. The zero-order valence-electron chi connectivity index (χ0n) is 18.1. The quantitative estimate of drug-likeness (QED) is 0.332. The van der Waals surface area contributed by atoms with Crippen molar-refractivity contribution in [2.75, 3.05) is 0 Å². The van der Waals surface area contributed by atoms with E-state index in [2.05, 4.69) is 39.8 Å². The summed E-state index contributed by atoms with van der Waals surface area (Å²) in [6.45, 7) is 9.59. The van der Waals surface area contributed by atoms with Crippen molar-refractivity contribution in [3.05, 3.63) is 34.4 Å². The van der Waals surface area contributed by atoms with E-state index in [1.807, 2.05) is 0 Å². The Morgan fingerprint density at radius 3 is 1.35 bits per heavy atom. The molecule has 2 aliphatic carbocycles. The fraction of sp³-hybridized carbons (Fsp3) is 0.769. The van der Waals surface area contributed by atoms with Crippen LogP contribution in [0.2, 0.25) is 0 Å². The first-order valence-corrected chi connectivity index (χ1v) is 11.5. The Labute approximate surface area is 163 Å². The van der Waals surface area contributed by atoms with Gasteiger partial charge >= 0.3 is 0 Å². The number of unbranched alkanes of at least 4 members (excludes halogenated alkanes) is 4. The van der Waals surface area contributed by atoms with Crippen molar-refractivity contribution >= 4 is 0 Å². The molecule has 0 N–H and O–H groups in total. The van der Waals surface area contributed by atoms with Gasteiger partial charge in [0, 0.05) is 0 Å². The lowest BCUT2D eigenvalue weighted by Crippen LogP contribution is -1.98. The molecule has 2 saturated carbocycles. The van der Waals surface area contributed by atoms with Gasteiger partial charge in [0.15, 0.2) is 0 Å². The van der Waals surface area contributed by atoms with E-state index in [1.165, 1.54) is 101 Å². The summed E-state index contributed by atoms with van der Waals surface area (Å²) in [6.07, 6.45) is 19.8. The Morgan fingerprint density at radius 2 is 1.00 bits per heavy atom. The molecule has 0 atom stereocenters. The van der Waals surface area contributed by atoms with E-state index in [1.54, 1.807) is 11.1 Å². The van der Waals surface area contributed by atoms with Gasteiger partial charge in [0.1, 0.15) is 0 Å². The smallest absolute Gasteiger partial charge is 0.0276 e. The molecule has 0 heteroatoms. The van der Waals surface area contributed by atoms with Gasteiger partial charge in [-0.15, -0.1) is 0 Å². The molecule has 0 bridgehead atoms. The summed E-state index contributed by atoms with van der Waals surface area (Å²) in [5, 5.41) is 0. The van der Waals surface area contributed by atoms with Crippen molar-refractivity contribution in [3.63, 3.8) is 0 Å². The molecule has 2 aliphatic rings. The fourth-order valence-electron chi connectivity index (χ4n) is 4.49. The predicted molar refractivity (Wildman–Crippen MR) is 115 cm³/mol. The van der Waals surface area contributed by atoms with Crippen molar-refractivity contribution in [1.82, 2.24) is 0 Å². The zero-order chi connectivity index (χ0) is 18.6. The third-order valence-corrected chi connectivity index (χ3v) is 7.45. The maximum atomic E-state index is 2.50. The van der Waals surface area contributed by atoms with E-state index in [0.29, 0.717) is 0 Å². The van der Waals surface area contributed by atoms with Gasteiger partial charge in [-0.05, 0) is 111 Å². The van der Waals surface area contributed by atoms with Crippen molar-refractivity contribution < 1.29 is 0 Å². The minimum atomic E-state index is 0.741. The number of rotatable bonds is 12. The van der Waals surface area contributed by atoms with Gasteiger partial charge < -0.3 is 0 Å². The lowest BCUT2D eigenvalue weighted by atomic mass is 9.92. The van der Waals surface area contributed by atoms with Gasteiger partial charge in [-0.2, -0.15) is 0 Å². The maximum absolute atomic E-state index is 2.50. The van der Waals surface area contributed by atoms with E-state index < -0.39 is 0 Å². The van der Waals surface area contributed by atoms with Crippen LogP contribution in [0.1, 0.15) is 113 Å². The Kier molecular flexibility index (Phi) is 6.52. The van der Waals surface area contributed by atoms with Crippen LogP contribution in [-0.2, 0) is 12.8 Å². The lowest BCUT2D eigenvalue weighted by Gasteiger charge is -2.13. The second-order valence-corrected chi connectivity index (χ2v) is 10.4. The van der Waals surface area contributed by atoms with Crippen molar-refractivity contribution in [1.29, 1.82) is 0 Å². The summed E-state index contributed by atoms with van der Waals surface area (Å²) in [5.74, 6) is 0. The average molecular weight is 355 g/mol. The van der Waals surface area contributed by atoms with Gasteiger partial charge in [0.2, 0.25) is 0 Å². The molecule has 2 fully saturated rings. The van der Waals surface area contributed by atoms with Crippen LogP contribution in [0, 0.1) is 24.7 Å². The number of hydrogen-bond donors (Lipinski definition) is 0. The molecule has 0 radical (unpaired) electrons. The molecule has 0 saturated heterocycles. The largest absolute Gasteiger partial charge is 0.0596 e.